The van der Waals surface area contributed by atoms with Gasteiger partial charge in [0.2, 0.25) is 0 Å². The number of carbonyl (C=O) groups excluding carboxylic acids is 1. The van der Waals surface area contributed by atoms with Crippen molar-refractivity contribution in [2.75, 3.05) is 0 Å². The maximum absolute atomic E-state index is 11.0. The topological polar surface area (TPSA) is 60.2 Å². The number of ether oxygens (including phenoxy) is 2. The first-order chi connectivity index (χ1) is 12.4. The third-order valence-corrected chi connectivity index (χ3v) is 3.57. The van der Waals surface area contributed by atoms with Crippen molar-refractivity contribution in [3.05, 3.63) is 48.0 Å². The number of azo groups is 1. The molecule has 2 rings (SSSR count). The van der Waals surface area contributed by atoms with Crippen molar-refractivity contribution in [2.45, 2.75) is 59.5 Å². The maximum Gasteiger partial charge on any atom is 0.308 e. The quantitative estimate of drug-likeness (QED) is 0.351. The summed E-state index contributed by atoms with van der Waals surface area (Å²) in [6.45, 7) is 13.9. The molecule has 0 aliphatic heterocycles. The van der Waals surface area contributed by atoms with E-state index >= 15 is 0 Å². The van der Waals surface area contributed by atoms with E-state index in [4.69, 9.17) is 9.47 Å². The van der Waals surface area contributed by atoms with Gasteiger partial charge >= 0.3 is 5.97 Å². The summed E-state index contributed by atoms with van der Waals surface area (Å²) < 4.78 is 11.1. The van der Waals surface area contributed by atoms with E-state index in [0.29, 0.717) is 11.4 Å². The highest BCUT2D eigenvalue weighted by Crippen LogP contribution is 2.36. The van der Waals surface area contributed by atoms with E-state index in [2.05, 4.69) is 31.0 Å². The lowest BCUT2D eigenvalue weighted by atomic mass is 9.86. The maximum atomic E-state index is 11.0. The highest BCUT2D eigenvalue weighted by atomic mass is 16.5. The summed E-state index contributed by atoms with van der Waals surface area (Å²) in [4.78, 5) is 11.0. The minimum atomic E-state index is -0.350. The van der Waals surface area contributed by atoms with Gasteiger partial charge in [0, 0.05) is 12.5 Å². The van der Waals surface area contributed by atoms with Crippen molar-refractivity contribution in [1.29, 1.82) is 0 Å². The van der Waals surface area contributed by atoms with Gasteiger partial charge in [-0.1, -0.05) is 20.8 Å². The van der Waals surface area contributed by atoms with Crippen LogP contribution in [-0.2, 0) is 10.2 Å². The molecule has 0 saturated heterocycles. The zero-order valence-electron chi connectivity index (χ0n) is 17.2. The van der Waals surface area contributed by atoms with Crippen LogP contribution in [0.15, 0.2) is 52.7 Å². The Bertz CT molecular complexity index is 826. The van der Waals surface area contributed by atoms with Crippen LogP contribution in [0.25, 0.3) is 0 Å². The monoisotopic (exact) mass is 368 g/mol. The van der Waals surface area contributed by atoms with E-state index in [0.717, 1.165) is 17.0 Å². The van der Waals surface area contributed by atoms with Crippen LogP contribution in [0.3, 0.4) is 0 Å². The predicted octanol–water partition coefficient (Wildman–Crippen LogP) is 6.50. The molecule has 0 N–H and O–H groups in total. The molecule has 2 aromatic carbocycles. The van der Waals surface area contributed by atoms with E-state index in [9.17, 15) is 4.79 Å². The van der Waals surface area contributed by atoms with Crippen molar-refractivity contribution in [3.63, 3.8) is 0 Å². The van der Waals surface area contributed by atoms with Crippen LogP contribution in [-0.4, -0.2) is 11.6 Å². The van der Waals surface area contributed by atoms with Crippen LogP contribution in [0.2, 0.25) is 0 Å². The third kappa shape index (κ3) is 6.51. The van der Waals surface area contributed by atoms with Gasteiger partial charge in [-0.05, 0) is 68.7 Å². The molecule has 0 spiro atoms. The van der Waals surface area contributed by atoms with Crippen LogP contribution < -0.4 is 9.47 Å². The summed E-state index contributed by atoms with van der Waals surface area (Å²) in [6, 6.07) is 12.7. The standard InChI is InChI=1S/C22H28N2O3/c1-15(25)26-18-11-8-16(9-12-18)23-24-17-10-13-20(27-22(5,6)7)19(14-17)21(2,3)4/h8-14H,1-7H3. The zero-order chi connectivity index (χ0) is 20.2. The number of esters is 1. The number of benzene rings is 2. The summed E-state index contributed by atoms with van der Waals surface area (Å²) in [7, 11) is 0. The average molecular weight is 368 g/mol. The van der Waals surface area contributed by atoms with Gasteiger partial charge in [0.15, 0.2) is 0 Å². The van der Waals surface area contributed by atoms with Gasteiger partial charge in [0.05, 0.1) is 11.4 Å². The summed E-state index contributed by atoms with van der Waals surface area (Å²) in [5.74, 6) is 0.997. The molecule has 0 aliphatic carbocycles. The summed E-state index contributed by atoms with van der Waals surface area (Å²) in [6.07, 6.45) is 0. The fraction of sp³-hybridized carbons (Fsp3) is 0.409. The Kier molecular flexibility index (Phi) is 6.04. The van der Waals surface area contributed by atoms with Gasteiger partial charge in [-0.3, -0.25) is 4.79 Å². The van der Waals surface area contributed by atoms with E-state index in [1.54, 1.807) is 24.3 Å². The highest BCUT2D eigenvalue weighted by molar-refractivity contribution is 5.69. The Morgan fingerprint density at radius 3 is 1.93 bits per heavy atom. The fourth-order valence-corrected chi connectivity index (χ4v) is 2.45. The molecule has 0 atom stereocenters. The molecule has 0 amide bonds. The van der Waals surface area contributed by atoms with Crippen LogP contribution in [0.5, 0.6) is 11.5 Å². The van der Waals surface area contributed by atoms with Crippen LogP contribution in [0.4, 0.5) is 11.4 Å². The van der Waals surface area contributed by atoms with Gasteiger partial charge in [-0.25, -0.2) is 0 Å². The normalized spacial score (nSPS) is 12.3. The van der Waals surface area contributed by atoms with Crippen molar-refractivity contribution in [3.8, 4) is 11.5 Å². The van der Waals surface area contributed by atoms with E-state index < -0.39 is 0 Å². The van der Waals surface area contributed by atoms with Gasteiger partial charge in [0.25, 0.3) is 0 Å². The molecule has 5 heteroatoms. The Morgan fingerprint density at radius 2 is 1.41 bits per heavy atom. The van der Waals surface area contributed by atoms with Gasteiger partial charge in [-0.15, -0.1) is 0 Å². The second-order valence-corrected chi connectivity index (χ2v) is 8.43. The highest BCUT2D eigenvalue weighted by Gasteiger charge is 2.22. The van der Waals surface area contributed by atoms with Crippen LogP contribution in [0.1, 0.15) is 54.0 Å². The van der Waals surface area contributed by atoms with Gasteiger partial charge in [0.1, 0.15) is 17.1 Å². The average Bonchev–Trinajstić information content (AvgIpc) is 2.52. The molecule has 27 heavy (non-hydrogen) atoms. The van der Waals surface area contributed by atoms with Crippen molar-refractivity contribution < 1.29 is 14.3 Å². The molecule has 0 bridgehead atoms. The first-order valence-corrected chi connectivity index (χ1v) is 8.98. The van der Waals surface area contributed by atoms with E-state index in [1.807, 2.05) is 39.0 Å². The number of rotatable bonds is 4. The lowest BCUT2D eigenvalue weighted by Crippen LogP contribution is -2.25. The molecule has 2 aromatic rings. The molecule has 0 aliphatic rings. The number of hydrogen-bond acceptors (Lipinski definition) is 5. The summed E-state index contributed by atoms with van der Waals surface area (Å²) in [5.41, 5.74) is 2.16. The molecule has 0 unspecified atom stereocenters. The minimum Gasteiger partial charge on any atom is -0.488 e. The first kappa shape index (κ1) is 20.6. The van der Waals surface area contributed by atoms with E-state index in [1.165, 1.54) is 6.92 Å². The second-order valence-electron chi connectivity index (χ2n) is 8.43. The number of hydrogen-bond donors (Lipinski definition) is 0. The molecule has 0 radical (unpaired) electrons. The minimum absolute atomic E-state index is 0.0855. The number of carbonyl (C=O) groups is 1. The van der Waals surface area contributed by atoms with Crippen molar-refractivity contribution >= 4 is 17.3 Å². The molecular formula is C22H28N2O3. The van der Waals surface area contributed by atoms with E-state index in [-0.39, 0.29) is 17.0 Å². The fourth-order valence-electron chi connectivity index (χ4n) is 2.45. The lowest BCUT2D eigenvalue weighted by Gasteiger charge is -2.28. The Labute approximate surface area is 161 Å². The third-order valence-electron chi connectivity index (χ3n) is 3.57. The van der Waals surface area contributed by atoms with Crippen LogP contribution >= 0.6 is 0 Å². The Balaban J connectivity index is 2.25. The molecular weight excluding hydrogens is 340 g/mol. The molecule has 0 heterocycles. The smallest absolute Gasteiger partial charge is 0.308 e. The Morgan fingerprint density at radius 1 is 0.852 bits per heavy atom. The summed E-state index contributed by atoms with van der Waals surface area (Å²) >= 11 is 0. The predicted molar refractivity (Wildman–Crippen MR) is 107 cm³/mol. The van der Waals surface area contributed by atoms with Crippen molar-refractivity contribution in [2.24, 2.45) is 10.2 Å². The molecule has 144 valence electrons. The lowest BCUT2D eigenvalue weighted by molar-refractivity contribution is -0.131. The molecule has 0 saturated carbocycles. The first-order valence-electron chi connectivity index (χ1n) is 8.98. The molecule has 0 aromatic heterocycles. The SMILES string of the molecule is CC(=O)Oc1ccc(N=Nc2ccc(OC(C)(C)C)c(C(C)(C)C)c2)cc1. The molecule has 5 nitrogen and oxygen atoms in total. The number of nitrogens with zero attached hydrogens (tertiary/aromatic N) is 2. The second kappa shape index (κ2) is 7.91. The zero-order valence-corrected chi connectivity index (χ0v) is 17.2. The Hall–Kier alpha value is -2.69. The summed E-state index contributed by atoms with van der Waals surface area (Å²) in [5, 5.41) is 8.61. The van der Waals surface area contributed by atoms with Crippen LogP contribution in [0, 0.1) is 0 Å². The van der Waals surface area contributed by atoms with Crippen molar-refractivity contribution in [1.82, 2.24) is 0 Å². The van der Waals surface area contributed by atoms with Gasteiger partial charge in [-0.2, -0.15) is 10.2 Å². The largest absolute Gasteiger partial charge is 0.488 e. The van der Waals surface area contributed by atoms with Gasteiger partial charge < -0.3 is 9.47 Å². The molecule has 0 fully saturated rings.